The minimum Gasteiger partial charge on any atom is -0.377 e. The molecule has 3 atom stereocenters. The van der Waals surface area contributed by atoms with E-state index in [2.05, 4.69) is 15.5 Å². The molecule has 1 amide bonds. The van der Waals surface area contributed by atoms with Crippen molar-refractivity contribution in [2.45, 2.75) is 31.9 Å². The van der Waals surface area contributed by atoms with Crippen LogP contribution in [0.3, 0.4) is 0 Å². The monoisotopic (exact) mass is 278 g/mol. The zero-order valence-electron chi connectivity index (χ0n) is 11.5. The van der Waals surface area contributed by atoms with Crippen LogP contribution in [0, 0.1) is 11.3 Å². The molecule has 1 aliphatic carbocycles. The zero-order valence-corrected chi connectivity index (χ0v) is 11.5. The molecule has 2 aliphatic rings. The maximum Gasteiger partial charge on any atom is 0.264 e. The van der Waals surface area contributed by atoms with E-state index in [1.807, 2.05) is 13.8 Å². The van der Waals surface area contributed by atoms with Crippen LogP contribution in [0.15, 0.2) is 16.9 Å². The Balaban J connectivity index is 1.83. The van der Waals surface area contributed by atoms with Crippen LogP contribution in [0.5, 0.6) is 0 Å². The lowest BCUT2D eigenvalue weighted by Crippen LogP contribution is -2.79. The highest BCUT2D eigenvalue weighted by atomic mass is 16.5. The van der Waals surface area contributed by atoms with Crippen LogP contribution in [0.25, 0.3) is 0 Å². The van der Waals surface area contributed by atoms with Crippen molar-refractivity contribution in [2.75, 3.05) is 11.9 Å². The van der Waals surface area contributed by atoms with Crippen LogP contribution in [0.4, 0.5) is 5.82 Å². The lowest BCUT2D eigenvalue weighted by Gasteiger charge is -2.60. The second-order valence-electron chi connectivity index (χ2n) is 6.04. The van der Waals surface area contributed by atoms with Gasteiger partial charge in [-0.1, -0.05) is 13.8 Å². The van der Waals surface area contributed by atoms with Gasteiger partial charge >= 0.3 is 0 Å². The third-order valence-corrected chi connectivity index (χ3v) is 4.75. The van der Waals surface area contributed by atoms with Crippen LogP contribution in [-0.4, -0.2) is 34.4 Å². The van der Waals surface area contributed by atoms with Gasteiger partial charge in [0, 0.05) is 24.0 Å². The number of anilines is 1. The Morgan fingerprint density at radius 1 is 1.55 bits per heavy atom. The number of aromatic nitrogens is 2. The number of amides is 1. The molecule has 7 nitrogen and oxygen atoms in total. The number of rotatable bonds is 2. The summed E-state index contributed by atoms with van der Waals surface area (Å²) < 4.78 is 5.66. The van der Waals surface area contributed by atoms with E-state index in [0.717, 1.165) is 6.42 Å². The Morgan fingerprint density at radius 2 is 2.30 bits per heavy atom. The van der Waals surface area contributed by atoms with Gasteiger partial charge in [0.15, 0.2) is 5.82 Å². The Labute approximate surface area is 115 Å². The average Bonchev–Trinajstić information content (AvgIpc) is 2.88. The first-order valence-electron chi connectivity index (χ1n) is 6.65. The number of ether oxygens (including phenoxy) is 1. The number of fused-ring (bicyclic) bond motifs is 1. The van der Waals surface area contributed by atoms with Gasteiger partial charge in [0.1, 0.15) is 5.54 Å². The maximum atomic E-state index is 12.5. The molecule has 1 saturated carbocycles. The Hall–Kier alpha value is -1.73. The second-order valence-corrected chi connectivity index (χ2v) is 6.04. The molecule has 108 valence electrons. The molecule has 2 fully saturated rings. The summed E-state index contributed by atoms with van der Waals surface area (Å²) in [6, 6.07) is 2.76. The van der Waals surface area contributed by atoms with E-state index in [1.54, 1.807) is 0 Å². The molecule has 3 rings (SSSR count). The van der Waals surface area contributed by atoms with Crippen LogP contribution < -0.4 is 16.6 Å². The SMILES string of the molecule is CC1(C)C2OCCC2C1(N)C(=O)Nc1ccc(=O)[nH]n1. The number of nitrogens with zero attached hydrogens (tertiary/aromatic N) is 1. The molecular formula is C13H18N4O3. The number of hydrogen-bond donors (Lipinski definition) is 3. The van der Waals surface area contributed by atoms with Crippen molar-refractivity contribution in [2.24, 2.45) is 17.1 Å². The topological polar surface area (TPSA) is 110 Å². The standard InChI is InChI=1S/C13H18N4O3/c1-12(2)10-7(5-6-20-10)13(12,14)11(19)15-8-3-4-9(18)17-16-8/h3-4,7,10H,5-6,14H2,1-2H3,(H,17,18)(H,15,16,19). The van der Waals surface area contributed by atoms with Crippen molar-refractivity contribution >= 4 is 11.7 Å². The first kappa shape index (κ1) is 13.3. The number of carbonyl (C=O) groups is 1. The lowest BCUT2D eigenvalue weighted by molar-refractivity contribution is -0.170. The van der Waals surface area contributed by atoms with E-state index >= 15 is 0 Å². The number of H-pyrrole nitrogens is 1. The van der Waals surface area contributed by atoms with Gasteiger partial charge in [-0.25, -0.2) is 5.10 Å². The van der Waals surface area contributed by atoms with Gasteiger partial charge in [-0.3, -0.25) is 9.59 Å². The van der Waals surface area contributed by atoms with Crippen molar-refractivity contribution in [3.63, 3.8) is 0 Å². The molecule has 2 heterocycles. The van der Waals surface area contributed by atoms with Gasteiger partial charge in [-0.05, 0) is 12.5 Å². The summed E-state index contributed by atoms with van der Waals surface area (Å²) in [6.07, 6.45) is 0.818. The second kappa shape index (κ2) is 4.13. The quantitative estimate of drug-likeness (QED) is 0.697. The number of nitrogens with one attached hydrogen (secondary N) is 2. The minimum absolute atomic E-state index is 0.0280. The highest BCUT2D eigenvalue weighted by molar-refractivity contribution is 5.99. The predicted molar refractivity (Wildman–Crippen MR) is 72.0 cm³/mol. The van der Waals surface area contributed by atoms with Gasteiger partial charge in [0.25, 0.3) is 5.56 Å². The summed E-state index contributed by atoms with van der Waals surface area (Å²) in [5.74, 6) is 0.0339. The molecule has 4 N–H and O–H groups in total. The average molecular weight is 278 g/mol. The molecule has 1 aromatic rings. The van der Waals surface area contributed by atoms with Crippen molar-refractivity contribution in [3.05, 3.63) is 22.5 Å². The molecule has 0 bridgehead atoms. The van der Waals surface area contributed by atoms with Crippen LogP contribution in [0.1, 0.15) is 20.3 Å². The van der Waals surface area contributed by atoms with E-state index in [9.17, 15) is 9.59 Å². The smallest absolute Gasteiger partial charge is 0.264 e. The first-order valence-corrected chi connectivity index (χ1v) is 6.65. The van der Waals surface area contributed by atoms with E-state index in [-0.39, 0.29) is 29.3 Å². The number of aromatic amines is 1. The number of nitrogens with two attached hydrogens (primary N) is 1. The molecule has 1 saturated heterocycles. The summed E-state index contributed by atoms with van der Waals surface area (Å²) in [7, 11) is 0. The maximum absolute atomic E-state index is 12.5. The van der Waals surface area contributed by atoms with Crippen LogP contribution >= 0.6 is 0 Å². The van der Waals surface area contributed by atoms with Gasteiger partial charge < -0.3 is 15.8 Å². The lowest BCUT2D eigenvalue weighted by atomic mass is 9.48. The fourth-order valence-electron chi connectivity index (χ4n) is 3.48. The van der Waals surface area contributed by atoms with Gasteiger partial charge in [0.05, 0.1) is 6.10 Å². The summed E-state index contributed by atoms with van der Waals surface area (Å²) in [4.78, 5) is 23.5. The van der Waals surface area contributed by atoms with E-state index in [1.165, 1.54) is 12.1 Å². The normalized spacial score (nSPS) is 34.1. The fraction of sp³-hybridized carbons (Fsp3) is 0.615. The molecule has 7 heteroatoms. The number of hydrogen-bond acceptors (Lipinski definition) is 5. The first-order chi connectivity index (χ1) is 9.37. The molecule has 0 radical (unpaired) electrons. The molecular weight excluding hydrogens is 260 g/mol. The summed E-state index contributed by atoms with van der Waals surface area (Å²) in [5, 5.41) is 8.72. The van der Waals surface area contributed by atoms with Crippen LogP contribution in [0.2, 0.25) is 0 Å². The predicted octanol–water partition coefficient (Wildman–Crippen LogP) is -0.149. The Morgan fingerprint density at radius 3 is 2.95 bits per heavy atom. The van der Waals surface area contributed by atoms with Gasteiger partial charge in [-0.15, -0.1) is 0 Å². The van der Waals surface area contributed by atoms with Crippen molar-refractivity contribution in [1.29, 1.82) is 0 Å². The molecule has 0 spiro atoms. The van der Waals surface area contributed by atoms with E-state index in [4.69, 9.17) is 10.5 Å². The minimum atomic E-state index is -0.980. The van der Waals surface area contributed by atoms with Crippen molar-refractivity contribution in [3.8, 4) is 0 Å². The third-order valence-electron chi connectivity index (χ3n) is 4.75. The summed E-state index contributed by atoms with van der Waals surface area (Å²) in [5.41, 5.74) is 4.66. The van der Waals surface area contributed by atoms with E-state index < -0.39 is 11.0 Å². The molecule has 20 heavy (non-hydrogen) atoms. The van der Waals surface area contributed by atoms with Crippen LogP contribution in [-0.2, 0) is 9.53 Å². The van der Waals surface area contributed by atoms with Gasteiger partial charge in [0.2, 0.25) is 5.91 Å². The Bertz CT molecular complexity index is 591. The van der Waals surface area contributed by atoms with Crippen molar-refractivity contribution in [1.82, 2.24) is 10.2 Å². The highest BCUT2D eigenvalue weighted by Gasteiger charge is 2.71. The molecule has 1 aliphatic heterocycles. The summed E-state index contributed by atoms with van der Waals surface area (Å²) >= 11 is 0. The summed E-state index contributed by atoms with van der Waals surface area (Å²) in [6.45, 7) is 4.53. The highest BCUT2D eigenvalue weighted by Crippen LogP contribution is 2.58. The molecule has 1 aromatic heterocycles. The molecule has 0 aromatic carbocycles. The van der Waals surface area contributed by atoms with Crippen molar-refractivity contribution < 1.29 is 9.53 Å². The largest absolute Gasteiger partial charge is 0.377 e. The fourth-order valence-corrected chi connectivity index (χ4v) is 3.48. The number of carbonyl (C=O) groups excluding carboxylic acids is 1. The van der Waals surface area contributed by atoms with Gasteiger partial charge in [-0.2, -0.15) is 5.10 Å². The van der Waals surface area contributed by atoms with E-state index in [0.29, 0.717) is 6.61 Å². The third kappa shape index (κ3) is 1.56. The Kier molecular flexibility index (Phi) is 2.74. The zero-order chi connectivity index (χ0) is 14.5. The molecule has 3 unspecified atom stereocenters.